The molecule has 3 aromatic rings. The van der Waals surface area contributed by atoms with Gasteiger partial charge in [-0.1, -0.05) is 42.0 Å². The van der Waals surface area contributed by atoms with Crippen molar-refractivity contribution in [2.75, 3.05) is 5.32 Å². The van der Waals surface area contributed by atoms with Crippen molar-refractivity contribution in [1.29, 1.82) is 0 Å². The van der Waals surface area contributed by atoms with Crippen molar-refractivity contribution in [2.24, 2.45) is 0 Å². The summed E-state index contributed by atoms with van der Waals surface area (Å²) in [5, 5.41) is 5.84. The number of ether oxygens (including phenoxy) is 1. The topological polar surface area (TPSA) is 87.7 Å². The third-order valence-electron chi connectivity index (χ3n) is 6.33. The number of cyclic esters (lactones) is 1. The van der Waals surface area contributed by atoms with E-state index in [1.54, 1.807) is 48.5 Å². The van der Waals surface area contributed by atoms with Crippen LogP contribution in [0.25, 0.3) is 0 Å². The lowest BCUT2D eigenvalue weighted by atomic mass is 10.00. The van der Waals surface area contributed by atoms with Crippen molar-refractivity contribution < 1.29 is 23.5 Å². The maximum absolute atomic E-state index is 13.4. The number of nitrogens with one attached hydrogen (secondary N) is 2. The van der Waals surface area contributed by atoms with Crippen LogP contribution in [-0.4, -0.2) is 34.9 Å². The van der Waals surface area contributed by atoms with Gasteiger partial charge in [0, 0.05) is 17.3 Å². The van der Waals surface area contributed by atoms with Crippen LogP contribution in [0.4, 0.5) is 14.9 Å². The molecule has 1 aliphatic heterocycles. The summed E-state index contributed by atoms with van der Waals surface area (Å²) in [5.41, 5.74) is 3.36. The minimum Gasteiger partial charge on any atom is -0.438 e. The van der Waals surface area contributed by atoms with Crippen molar-refractivity contribution in [3.05, 3.63) is 101 Å². The zero-order chi connectivity index (χ0) is 25.2. The molecule has 36 heavy (non-hydrogen) atoms. The van der Waals surface area contributed by atoms with E-state index in [0.717, 1.165) is 18.4 Å². The molecule has 1 aliphatic carbocycles. The van der Waals surface area contributed by atoms with Gasteiger partial charge in [0.25, 0.3) is 5.91 Å². The van der Waals surface area contributed by atoms with E-state index in [0.29, 0.717) is 22.4 Å². The van der Waals surface area contributed by atoms with E-state index in [4.69, 9.17) is 4.74 Å². The second-order valence-electron chi connectivity index (χ2n) is 9.23. The van der Waals surface area contributed by atoms with Crippen molar-refractivity contribution in [2.45, 2.75) is 44.5 Å². The largest absolute Gasteiger partial charge is 0.438 e. The Balaban J connectivity index is 1.39. The Bertz CT molecular complexity index is 1290. The Labute approximate surface area is 208 Å². The summed E-state index contributed by atoms with van der Waals surface area (Å²) in [7, 11) is 0. The number of halogens is 1. The number of benzene rings is 3. The number of nitrogens with zero attached hydrogens (tertiary/aromatic N) is 1. The molecule has 0 radical (unpaired) electrons. The predicted molar refractivity (Wildman–Crippen MR) is 132 cm³/mol. The SMILES string of the molecule is Cc1ccc(C(=O)Nc2cccc([C@@H]3OC(=O)N(Cc4ccc(F)cc4)[C@H]3C(=O)NC3CC3)c2)cc1. The number of hydrogen-bond donors (Lipinski definition) is 2. The molecule has 8 heteroatoms. The van der Waals surface area contributed by atoms with Gasteiger partial charge in [-0.2, -0.15) is 0 Å². The fourth-order valence-corrected chi connectivity index (χ4v) is 4.21. The van der Waals surface area contributed by atoms with Crippen LogP contribution in [0.5, 0.6) is 0 Å². The molecule has 2 N–H and O–H groups in total. The normalized spacial score (nSPS) is 19.1. The van der Waals surface area contributed by atoms with Crippen molar-refractivity contribution in [3.8, 4) is 0 Å². The molecule has 0 bridgehead atoms. The Kier molecular flexibility index (Phi) is 6.41. The summed E-state index contributed by atoms with van der Waals surface area (Å²) >= 11 is 0. The summed E-state index contributed by atoms with van der Waals surface area (Å²) in [4.78, 5) is 40.2. The van der Waals surface area contributed by atoms with Gasteiger partial charge in [0.05, 0.1) is 6.54 Å². The average molecular weight is 488 g/mol. The smallest absolute Gasteiger partial charge is 0.411 e. The molecular formula is C28H26FN3O4. The third-order valence-corrected chi connectivity index (χ3v) is 6.33. The molecule has 0 unspecified atom stereocenters. The Morgan fingerprint density at radius 3 is 2.44 bits per heavy atom. The van der Waals surface area contributed by atoms with E-state index >= 15 is 0 Å². The molecule has 2 aliphatic rings. The number of carbonyl (C=O) groups excluding carboxylic acids is 3. The zero-order valence-corrected chi connectivity index (χ0v) is 19.7. The average Bonchev–Trinajstić information content (AvgIpc) is 3.62. The first-order chi connectivity index (χ1) is 17.4. The quantitative estimate of drug-likeness (QED) is 0.505. The van der Waals surface area contributed by atoms with Crippen LogP contribution >= 0.6 is 0 Å². The number of hydrogen-bond acceptors (Lipinski definition) is 4. The van der Waals surface area contributed by atoms with Gasteiger partial charge in [-0.05, 0) is 67.3 Å². The number of carbonyl (C=O) groups is 3. The van der Waals surface area contributed by atoms with Gasteiger partial charge in [0.2, 0.25) is 5.91 Å². The first-order valence-corrected chi connectivity index (χ1v) is 11.9. The maximum Gasteiger partial charge on any atom is 0.411 e. The van der Waals surface area contributed by atoms with Crippen molar-refractivity contribution in [1.82, 2.24) is 10.2 Å². The van der Waals surface area contributed by atoms with Gasteiger partial charge in [0.1, 0.15) is 5.82 Å². The van der Waals surface area contributed by atoms with Gasteiger partial charge in [-0.25, -0.2) is 9.18 Å². The molecule has 1 heterocycles. The number of rotatable bonds is 7. The molecule has 3 aromatic carbocycles. The van der Waals surface area contributed by atoms with Gasteiger partial charge in [-0.3, -0.25) is 14.5 Å². The fraction of sp³-hybridized carbons (Fsp3) is 0.250. The molecular weight excluding hydrogens is 461 g/mol. The Morgan fingerprint density at radius 2 is 1.75 bits per heavy atom. The van der Waals surface area contributed by atoms with E-state index in [2.05, 4.69) is 10.6 Å². The lowest BCUT2D eigenvalue weighted by molar-refractivity contribution is -0.126. The first kappa shape index (κ1) is 23.5. The van der Waals surface area contributed by atoms with Crippen LogP contribution in [-0.2, 0) is 16.1 Å². The Morgan fingerprint density at radius 1 is 1.03 bits per heavy atom. The van der Waals surface area contributed by atoms with E-state index in [-0.39, 0.29) is 30.2 Å². The summed E-state index contributed by atoms with van der Waals surface area (Å²) < 4.78 is 19.1. The lowest BCUT2D eigenvalue weighted by Gasteiger charge is -2.24. The van der Waals surface area contributed by atoms with Crippen molar-refractivity contribution >= 4 is 23.6 Å². The lowest BCUT2D eigenvalue weighted by Crippen LogP contribution is -2.46. The number of aryl methyl sites for hydroxylation is 1. The fourth-order valence-electron chi connectivity index (χ4n) is 4.21. The predicted octanol–water partition coefficient (Wildman–Crippen LogP) is 4.73. The van der Waals surface area contributed by atoms with E-state index in [1.807, 2.05) is 19.1 Å². The first-order valence-electron chi connectivity index (χ1n) is 11.9. The highest BCUT2D eigenvalue weighted by atomic mass is 19.1. The monoisotopic (exact) mass is 487 g/mol. The molecule has 1 saturated heterocycles. The minimum atomic E-state index is -0.911. The summed E-state index contributed by atoms with van der Waals surface area (Å²) in [6.45, 7) is 2.05. The highest BCUT2D eigenvalue weighted by molar-refractivity contribution is 6.04. The highest BCUT2D eigenvalue weighted by Gasteiger charge is 2.48. The van der Waals surface area contributed by atoms with Gasteiger partial charge in [-0.15, -0.1) is 0 Å². The van der Waals surface area contributed by atoms with Gasteiger partial charge >= 0.3 is 6.09 Å². The van der Waals surface area contributed by atoms with Gasteiger partial charge < -0.3 is 15.4 Å². The minimum absolute atomic E-state index is 0.0988. The molecule has 184 valence electrons. The van der Waals surface area contributed by atoms with E-state index in [9.17, 15) is 18.8 Å². The van der Waals surface area contributed by atoms with Crippen LogP contribution in [0.2, 0.25) is 0 Å². The second kappa shape index (κ2) is 9.81. The zero-order valence-electron chi connectivity index (χ0n) is 19.7. The molecule has 0 aromatic heterocycles. The van der Waals surface area contributed by atoms with Gasteiger partial charge in [0.15, 0.2) is 12.1 Å². The van der Waals surface area contributed by atoms with E-state index < -0.39 is 18.2 Å². The maximum atomic E-state index is 13.4. The van der Waals surface area contributed by atoms with Crippen LogP contribution < -0.4 is 10.6 Å². The van der Waals surface area contributed by atoms with E-state index in [1.165, 1.54) is 17.0 Å². The molecule has 2 fully saturated rings. The highest BCUT2D eigenvalue weighted by Crippen LogP contribution is 2.35. The third kappa shape index (κ3) is 5.22. The second-order valence-corrected chi connectivity index (χ2v) is 9.23. The molecule has 3 amide bonds. The molecule has 1 saturated carbocycles. The summed E-state index contributed by atoms with van der Waals surface area (Å²) in [6, 6.07) is 19.1. The molecule has 2 atom stereocenters. The van der Waals surface area contributed by atoms with Crippen LogP contribution in [0, 0.1) is 12.7 Å². The standard InChI is InChI=1S/C28H26FN3O4/c1-17-5-9-19(10-6-17)26(33)31-23-4-2-3-20(15-23)25-24(27(34)30-22-13-14-22)32(28(35)36-25)16-18-7-11-21(29)12-8-18/h2-12,15,22,24-25H,13-14,16H2,1H3,(H,30,34)(H,31,33)/t24-,25+/m1/s1. The van der Waals surface area contributed by atoms with Crippen LogP contribution in [0.3, 0.4) is 0 Å². The van der Waals surface area contributed by atoms with Crippen molar-refractivity contribution in [3.63, 3.8) is 0 Å². The van der Waals surface area contributed by atoms with Crippen LogP contribution in [0.15, 0.2) is 72.8 Å². The molecule has 0 spiro atoms. The molecule has 7 nitrogen and oxygen atoms in total. The summed E-state index contributed by atoms with van der Waals surface area (Å²) in [5.74, 6) is -0.950. The van der Waals surface area contributed by atoms with Crippen LogP contribution in [0.1, 0.15) is 46.0 Å². The number of amides is 3. The molecule has 5 rings (SSSR count). The number of anilines is 1. The summed E-state index contributed by atoms with van der Waals surface area (Å²) in [6.07, 6.45) is 0.301. The Hall–Kier alpha value is -4.20.